The molecule has 3 unspecified atom stereocenters. The number of rotatable bonds is 4. The molecule has 0 saturated carbocycles. The van der Waals surface area contributed by atoms with Crippen molar-refractivity contribution >= 4 is 16.3 Å². The first kappa shape index (κ1) is 19.3. The first-order valence-corrected chi connectivity index (χ1v) is 11.0. The van der Waals surface area contributed by atoms with Crippen LogP contribution in [0.1, 0.15) is 12.0 Å². The highest BCUT2D eigenvalue weighted by Crippen LogP contribution is 2.31. The Morgan fingerprint density at radius 2 is 1.71 bits per heavy atom. The molecule has 2 aliphatic rings. The highest BCUT2D eigenvalue weighted by molar-refractivity contribution is 7.95. The van der Waals surface area contributed by atoms with Crippen LogP contribution in [0, 0.1) is 5.92 Å². The van der Waals surface area contributed by atoms with Crippen LogP contribution in [0.15, 0.2) is 65.6 Å². The summed E-state index contributed by atoms with van der Waals surface area (Å²) in [5.41, 5.74) is 1.05. The zero-order valence-corrected chi connectivity index (χ0v) is 16.4. The Kier molecular flexibility index (Phi) is 5.59. The van der Waals surface area contributed by atoms with Crippen LogP contribution in [-0.4, -0.2) is 52.0 Å². The van der Waals surface area contributed by atoms with Crippen LogP contribution in [0.5, 0.6) is 0 Å². The summed E-state index contributed by atoms with van der Waals surface area (Å²) in [7, 11) is -3.62. The largest absolute Gasteiger partial charge is 0.593 e. The summed E-state index contributed by atoms with van der Waals surface area (Å²) in [5.74, 6) is -0.502. The Hall–Kier alpha value is -2.06. The van der Waals surface area contributed by atoms with E-state index in [2.05, 4.69) is 0 Å². The quantitative estimate of drug-likeness (QED) is 0.739. The molecule has 28 heavy (non-hydrogen) atoms. The van der Waals surface area contributed by atoms with E-state index in [4.69, 9.17) is 4.74 Å². The molecule has 3 atom stereocenters. The third-order valence-electron chi connectivity index (χ3n) is 5.43. The highest BCUT2D eigenvalue weighted by atomic mass is 32.3. The minimum Gasteiger partial charge on any atom is -0.593 e. The molecule has 1 amide bonds. The molecule has 0 bridgehead atoms. The summed E-state index contributed by atoms with van der Waals surface area (Å²) in [4.78, 5) is 15.3. The van der Waals surface area contributed by atoms with E-state index >= 15 is 0 Å². The van der Waals surface area contributed by atoms with E-state index in [1.807, 2.05) is 30.3 Å². The van der Waals surface area contributed by atoms with E-state index in [0.29, 0.717) is 32.7 Å². The van der Waals surface area contributed by atoms with Crippen LogP contribution in [0.2, 0.25) is 0 Å². The Bertz CT molecular complexity index is 861. The van der Waals surface area contributed by atoms with E-state index < -0.39 is 16.3 Å². The van der Waals surface area contributed by atoms with Crippen molar-refractivity contribution in [2.75, 3.05) is 26.2 Å². The molecule has 7 heteroatoms. The maximum Gasteiger partial charge on any atom is 0.230 e. The second-order valence-electron chi connectivity index (χ2n) is 7.23. The topological polar surface area (TPSA) is 72.9 Å². The normalized spacial score (nSPS) is 25.6. The van der Waals surface area contributed by atoms with E-state index in [1.54, 1.807) is 35.2 Å². The standard InChI is InChI=1S/C21H24N2O4S/c24-21-19-16-23(28(25,26)18-9-5-2-6-10-18)12-11-20(19)27-14-13-22(21)15-17-7-3-1-4-8-17/h1-10,19-20H,11-16H2. The van der Waals surface area contributed by atoms with Crippen LogP contribution in [0.3, 0.4) is 0 Å². The summed E-state index contributed by atoms with van der Waals surface area (Å²) in [6, 6.07) is 18.2. The Morgan fingerprint density at radius 3 is 2.43 bits per heavy atom. The number of carbonyl (C=O) groups is 1. The van der Waals surface area contributed by atoms with Gasteiger partial charge in [-0.05, 0) is 24.1 Å². The molecule has 0 radical (unpaired) electrons. The number of sulfonamides is 1. The maximum atomic E-state index is 13.2. The highest BCUT2D eigenvalue weighted by Gasteiger charge is 2.44. The van der Waals surface area contributed by atoms with Gasteiger partial charge in [-0.25, -0.2) is 0 Å². The zero-order chi connectivity index (χ0) is 19.6. The van der Waals surface area contributed by atoms with E-state index in [9.17, 15) is 13.6 Å². The summed E-state index contributed by atoms with van der Waals surface area (Å²) in [6.45, 7) is 2.03. The number of piperidine rings is 1. The Balaban J connectivity index is 1.53. The molecule has 2 fully saturated rings. The molecule has 4 rings (SSSR count). The van der Waals surface area contributed by atoms with Crippen LogP contribution < -0.4 is 0 Å². The lowest BCUT2D eigenvalue weighted by Gasteiger charge is -2.37. The van der Waals surface area contributed by atoms with Gasteiger partial charge in [0.15, 0.2) is 15.3 Å². The van der Waals surface area contributed by atoms with Crippen molar-refractivity contribution in [2.45, 2.75) is 24.0 Å². The lowest BCUT2D eigenvalue weighted by atomic mass is 9.94. The Morgan fingerprint density at radius 1 is 1.04 bits per heavy atom. The average molecular weight is 401 g/mol. The number of amides is 1. The van der Waals surface area contributed by atoms with Crippen molar-refractivity contribution in [3.8, 4) is 0 Å². The molecule has 0 spiro atoms. The summed E-state index contributed by atoms with van der Waals surface area (Å²) in [6.07, 6.45) is 0.303. The number of fused-ring (bicyclic) bond motifs is 1. The van der Waals surface area contributed by atoms with Crippen molar-refractivity contribution in [3.05, 3.63) is 66.2 Å². The fourth-order valence-corrected chi connectivity index (χ4v) is 5.42. The fourth-order valence-electron chi connectivity index (χ4n) is 3.92. The van der Waals surface area contributed by atoms with Gasteiger partial charge in [-0.15, -0.1) is 4.31 Å². The van der Waals surface area contributed by atoms with Crippen molar-refractivity contribution < 1.29 is 18.3 Å². The van der Waals surface area contributed by atoms with Gasteiger partial charge in [0.05, 0.1) is 25.2 Å². The second-order valence-corrected chi connectivity index (χ2v) is 9.16. The Labute approximate surface area is 166 Å². The molecule has 2 aliphatic heterocycles. The lowest BCUT2D eigenvalue weighted by molar-refractivity contribution is -0.138. The maximum absolute atomic E-state index is 13.2. The van der Waals surface area contributed by atoms with Crippen molar-refractivity contribution in [3.63, 3.8) is 0 Å². The van der Waals surface area contributed by atoms with Gasteiger partial charge >= 0.3 is 0 Å². The molecule has 0 N–H and O–H groups in total. The molecular formula is C21H24N2O4S. The third-order valence-corrected chi connectivity index (χ3v) is 7.31. The average Bonchev–Trinajstić information content (AvgIpc) is 2.88. The van der Waals surface area contributed by atoms with Crippen molar-refractivity contribution in [1.29, 1.82) is 0 Å². The van der Waals surface area contributed by atoms with Crippen molar-refractivity contribution in [2.24, 2.45) is 5.92 Å². The summed E-state index contributed by atoms with van der Waals surface area (Å²) >= 11 is 0. The molecule has 2 heterocycles. The first-order chi connectivity index (χ1) is 13.6. The van der Waals surface area contributed by atoms with Gasteiger partial charge < -0.3 is 14.2 Å². The van der Waals surface area contributed by atoms with Crippen LogP contribution in [-0.2, 0) is 30.7 Å². The van der Waals surface area contributed by atoms with Crippen LogP contribution in [0.4, 0.5) is 0 Å². The molecule has 2 saturated heterocycles. The number of ether oxygens (including phenoxy) is 1. The van der Waals surface area contributed by atoms with Crippen LogP contribution in [0.25, 0.3) is 0 Å². The number of benzene rings is 2. The fraction of sp³-hybridized carbons (Fsp3) is 0.381. The predicted octanol–water partition coefficient (Wildman–Crippen LogP) is 2.34. The molecule has 148 valence electrons. The SMILES string of the molecule is O=C1C2CN([S+](=O)([O-])c3ccccc3)CCC2OCCN1Cc1ccccc1. The number of carbonyl (C=O) groups excluding carboxylic acids is 1. The minimum absolute atomic E-state index is 0.0284. The summed E-state index contributed by atoms with van der Waals surface area (Å²) in [5, 5.41) is 0. The van der Waals surface area contributed by atoms with E-state index in [1.165, 1.54) is 4.31 Å². The molecule has 0 aromatic heterocycles. The lowest BCUT2D eigenvalue weighted by Crippen LogP contribution is -2.52. The minimum atomic E-state index is -3.62. The predicted molar refractivity (Wildman–Crippen MR) is 105 cm³/mol. The molecule has 0 aliphatic carbocycles. The van der Waals surface area contributed by atoms with Crippen molar-refractivity contribution in [1.82, 2.24) is 9.21 Å². The smallest absolute Gasteiger partial charge is 0.230 e. The number of hydrogen-bond donors (Lipinski definition) is 0. The van der Waals surface area contributed by atoms with Gasteiger partial charge in [-0.2, -0.15) is 0 Å². The number of nitrogens with zero attached hydrogens (tertiary/aromatic N) is 2. The van der Waals surface area contributed by atoms with Gasteiger partial charge in [0, 0.05) is 19.6 Å². The van der Waals surface area contributed by atoms with Gasteiger partial charge in [0.25, 0.3) is 0 Å². The molecule has 2 aromatic carbocycles. The molecular weight excluding hydrogens is 376 g/mol. The molecule has 2 aromatic rings. The van der Waals surface area contributed by atoms with Gasteiger partial charge in [0.1, 0.15) is 0 Å². The summed E-state index contributed by atoms with van der Waals surface area (Å²) < 4.78 is 33.3. The van der Waals surface area contributed by atoms with Gasteiger partial charge in [0.2, 0.25) is 5.91 Å². The van der Waals surface area contributed by atoms with E-state index in [0.717, 1.165) is 5.56 Å². The van der Waals surface area contributed by atoms with Gasteiger partial charge in [-0.3, -0.25) is 4.79 Å². The molecule has 6 nitrogen and oxygen atoms in total. The van der Waals surface area contributed by atoms with Crippen LogP contribution >= 0.6 is 0 Å². The second kappa shape index (κ2) is 8.13. The first-order valence-electron chi connectivity index (χ1n) is 9.55. The third kappa shape index (κ3) is 3.89. The van der Waals surface area contributed by atoms with E-state index in [-0.39, 0.29) is 23.5 Å². The number of hydrogen-bond acceptors (Lipinski definition) is 4. The zero-order valence-electron chi connectivity index (χ0n) is 15.6. The monoisotopic (exact) mass is 400 g/mol. The van der Waals surface area contributed by atoms with Gasteiger partial charge in [-0.1, -0.05) is 52.7 Å².